The summed E-state index contributed by atoms with van der Waals surface area (Å²) < 4.78 is 0. The minimum Gasteiger partial charge on any atom is -0.508 e. The lowest BCUT2D eigenvalue weighted by atomic mass is 9.52. The standard InChI is InChI=1S/C34H54BrNO3/c1-4-5-20-36(3)31(38)15-13-11-9-7-6-8-10-12-14-24-21-25-22-26(37)16-17-27(25)28-18-19-34(2)29(32(24)28)23-30(35)33(34)39/h16-17,22,24,28-30,32-33,37,39H,4-15,18-21,23H2,1-3H3/t24-,28-,29+,30-,32-,33-,34+/m1/s1. The zero-order valence-electron chi connectivity index (χ0n) is 24.8. The first-order chi connectivity index (χ1) is 18.8. The number of halogens is 1. The van der Waals surface area contributed by atoms with Gasteiger partial charge in [-0.2, -0.15) is 0 Å². The van der Waals surface area contributed by atoms with Gasteiger partial charge >= 0.3 is 0 Å². The van der Waals surface area contributed by atoms with Crippen LogP contribution in [-0.4, -0.2) is 45.5 Å². The summed E-state index contributed by atoms with van der Waals surface area (Å²) in [5.74, 6) is 3.13. The van der Waals surface area contributed by atoms with E-state index in [1.54, 1.807) is 0 Å². The number of aliphatic hydroxyl groups excluding tert-OH is 1. The molecule has 5 heteroatoms. The third-order valence-electron chi connectivity index (χ3n) is 10.8. The van der Waals surface area contributed by atoms with Crippen LogP contribution in [0.25, 0.3) is 0 Å². The molecule has 0 bridgehead atoms. The summed E-state index contributed by atoms with van der Waals surface area (Å²) in [4.78, 5) is 14.3. The van der Waals surface area contributed by atoms with Crippen molar-refractivity contribution in [2.75, 3.05) is 13.6 Å². The lowest BCUT2D eigenvalue weighted by Crippen LogP contribution is -2.47. The molecular formula is C34H54BrNO3. The molecule has 1 amide bonds. The Morgan fingerprint density at radius 3 is 2.49 bits per heavy atom. The number of rotatable bonds is 14. The van der Waals surface area contributed by atoms with Gasteiger partial charge in [0.25, 0.3) is 0 Å². The van der Waals surface area contributed by atoms with Gasteiger partial charge in [-0.15, -0.1) is 0 Å². The molecule has 4 rings (SSSR count). The number of unbranched alkanes of at least 4 members (excludes halogenated alkanes) is 8. The van der Waals surface area contributed by atoms with E-state index < -0.39 is 0 Å². The van der Waals surface area contributed by atoms with E-state index in [2.05, 4.69) is 35.8 Å². The summed E-state index contributed by atoms with van der Waals surface area (Å²) in [7, 11) is 1.94. The van der Waals surface area contributed by atoms with Crippen molar-refractivity contribution >= 4 is 21.8 Å². The molecule has 0 heterocycles. The molecule has 2 saturated carbocycles. The molecule has 0 aliphatic heterocycles. The van der Waals surface area contributed by atoms with Crippen LogP contribution in [0.4, 0.5) is 0 Å². The normalized spacial score (nSPS) is 31.4. The van der Waals surface area contributed by atoms with E-state index >= 15 is 0 Å². The van der Waals surface area contributed by atoms with Crippen LogP contribution in [0.3, 0.4) is 0 Å². The summed E-state index contributed by atoms with van der Waals surface area (Å²) in [5.41, 5.74) is 2.86. The fourth-order valence-electron chi connectivity index (χ4n) is 8.46. The number of aliphatic hydroxyl groups is 1. The summed E-state index contributed by atoms with van der Waals surface area (Å²) >= 11 is 3.83. The number of amides is 1. The van der Waals surface area contributed by atoms with Gasteiger partial charge in [-0.3, -0.25) is 4.79 Å². The van der Waals surface area contributed by atoms with E-state index in [4.69, 9.17) is 0 Å². The fourth-order valence-corrected chi connectivity index (χ4v) is 9.47. The third-order valence-corrected chi connectivity index (χ3v) is 11.7. The maximum absolute atomic E-state index is 12.2. The summed E-state index contributed by atoms with van der Waals surface area (Å²) in [5, 5.41) is 21.3. The first-order valence-electron chi connectivity index (χ1n) is 16.1. The number of alkyl halides is 1. The first kappa shape index (κ1) is 30.9. The minimum absolute atomic E-state index is 0.0253. The van der Waals surface area contributed by atoms with Gasteiger partial charge in [0.2, 0.25) is 5.91 Å². The van der Waals surface area contributed by atoms with Crippen LogP contribution in [-0.2, 0) is 11.2 Å². The van der Waals surface area contributed by atoms with Crippen molar-refractivity contribution in [3.8, 4) is 5.75 Å². The van der Waals surface area contributed by atoms with Crippen LogP contribution >= 0.6 is 15.9 Å². The predicted molar refractivity (Wildman–Crippen MR) is 164 cm³/mol. The number of hydrogen-bond donors (Lipinski definition) is 2. The van der Waals surface area contributed by atoms with Crippen LogP contribution in [0, 0.1) is 23.2 Å². The summed E-state index contributed by atoms with van der Waals surface area (Å²) in [6.45, 7) is 5.41. The number of benzene rings is 1. The number of nitrogens with zero attached hydrogens (tertiary/aromatic N) is 1. The maximum Gasteiger partial charge on any atom is 0.222 e. The van der Waals surface area contributed by atoms with Crippen molar-refractivity contribution in [2.24, 2.45) is 23.2 Å². The molecule has 4 nitrogen and oxygen atoms in total. The quantitative estimate of drug-likeness (QED) is 0.166. The summed E-state index contributed by atoms with van der Waals surface area (Å²) in [6.07, 6.45) is 18.3. The molecule has 7 atom stereocenters. The van der Waals surface area contributed by atoms with Gasteiger partial charge in [0.15, 0.2) is 0 Å². The zero-order chi connectivity index (χ0) is 28.0. The minimum atomic E-state index is -0.245. The smallest absolute Gasteiger partial charge is 0.222 e. The van der Waals surface area contributed by atoms with E-state index in [9.17, 15) is 15.0 Å². The molecule has 0 spiro atoms. The second-order valence-electron chi connectivity index (χ2n) is 13.4. The first-order valence-corrected chi connectivity index (χ1v) is 17.1. The average molecular weight is 605 g/mol. The molecule has 0 aromatic heterocycles. The third kappa shape index (κ3) is 7.23. The van der Waals surface area contributed by atoms with Gasteiger partial charge in [-0.25, -0.2) is 0 Å². The van der Waals surface area contributed by atoms with Gasteiger partial charge in [0.05, 0.1) is 6.10 Å². The monoisotopic (exact) mass is 603 g/mol. The molecule has 2 fully saturated rings. The molecule has 2 N–H and O–H groups in total. The van der Waals surface area contributed by atoms with Crippen molar-refractivity contribution in [3.05, 3.63) is 29.3 Å². The van der Waals surface area contributed by atoms with E-state index in [0.717, 1.165) is 51.5 Å². The van der Waals surface area contributed by atoms with Crippen molar-refractivity contribution < 1.29 is 15.0 Å². The zero-order valence-corrected chi connectivity index (χ0v) is 26.4. The molecule has 39 heavy (non-hydrogen) atoms. The van der Waals surface area contributed by atoms with Gasteiger partial charge in [0, 0.05) is 24.8 Å². The van der Waals surface area contributed by atoms with E-state index in [1.807, 2.05) is 24.1 Å². The second kappa shape index (κ2) is 14.2. The van der Waals surface area contributed by atoms with E-state index in [0.29, 0.717) is 41.7 Å². The molecule has 1 aromatic carbocycles. The lowest BCUT2D eigenvalue weighted by Gasteiger charge is -2.53. The Hall–Kier alpha value is -1.07. The number of carbonyl (C=O) groups excluding carboxylic acids is 1. The van der Waals surface area contributed by atoms with E-state index in [-0.39, 0.29) is 16.3 Å². The lowest BCUT2D eigenvalue weighted by molar-refractivity contribution is -0.130. The van der Waals surface area contributed by atoms with Gasteiger partial charge < -0.3 is 15.1 Å². The van der Waals surface area contributed by atoms with Gasteiger partial charge in [-0.05, 0) is 97.3 Å². The number of hydrogen-bond acceptors (Lipinski definition) is 3. The van der Waals surface area contributed by atoms with Gasteiger partial charge in [0.1, 0.15) is 5.75 Å². The molecule has 0 radical (unpaired) electrons. The fraction of sp³-hybridized carbons (Fsp3) is 0.794. The highest BCUT2D eigenvalue weighted by Gasteiger charge is 2.59. The van der Waals surface area contributed by atoms with Crippen molar-refractivity contribution in [1.29, 1.82) is 0 Å². The van der Waals surface area contributed by atoms with Crippen molar-refractivity contribution in [2.45, 2.75) is 133 Å². The molecular weight excluding hydrogens is 550 g/mol. The van der Waals surface area contributed by atoms with Crippen LogP contribution in [0.15, 0.2) is 18.2 Å². The Bertz CT molecular complexity index is 937. The highest BCUT2D eigenvalue weighted by molar-refractivity contribution is 9.09. The SMILES string of the molecule is CCCCN(C)C(=O)CCCCCCCCCC[C@@H]1Cc2cc(O)ccc2[C@H]2CC[C@]3(C)[C@H](O)[C@H](Br)C[C@H]3[C@H]12. The number of fused-ring (bicyclic) bond motifs is 5. The Kier molecular flexibility index (Phi) is 11.2. The topological polar surface area (TPSA) is 60.8 Å². The largest absolute Gasteiger partial charge is 0.508 e. The molecule has 3 aliphatic carbocycles. The van der Waals surface area contributed by atoms with Crippen molar-refractivity contribution in [3.63, 3.8) is 0 Å². The molecule has 0 saturated heterocycles. The second-order valence-corrected chi connectivity index (χ2v) is 14.6. The highest BCUT2D eigenvalue weighted by Crippen LogP contribution is 2.63. The average Bonchev–Trinajstić information content (AvgIpc) is 3.15. The summed E-state index contributed by atoms with van der Waals surface area (Å²) in [6, 6.07) is 6.10. The van der Waals surface area contributed by atoms with Crippen molar-refractivity contribution in [1.82, 2.24) is 4.90 Å². The predicted octanol–water partition coefficient (Wildman–Crippen LogP) is 8.37. The molecule has 220 valence electrons. The number of aromatic hydroxyl groups is 1. The highest BCUT2D eigenvalue weighted by atomic mass is 79.9. The Balaban J connectivity index is 1.21. The van der Waals surface area contributed by atoms with Crippen LogP contribution in [0.1, 0.15) is 127 Å². The Labute approximate surface area is 246 Å². The van der Waals surface area contributed by atoms with E-state index in [1.165, 1.54) is 62.5 Å². The Morgan fingerprint density at radius 2 is 1.77 bits per heavy atom. The molecule has 0 unspecified atom stereocenters. The maximum atomic E-state index is 12.2. The number of phenols is 1. The Morgan fingerprint density at radius 1 is 1.08 bits per heavy atom. The number of phenolic OH excluding ortho intramolecular Hbond substituents is 1. The van der Waals surface area contributed by atoms with Gasteiger partial charge in [-0.1, -0.05) is 87.2 Å². The molecule has 1 aromatic rings. The van der Waals surface area contributed by atoms with Crippen LogP contribution < -0.4 is 0 Å². The number of carbonyl (C=O) groups is 1. The van der Waals surface area contributed by atoms with Crippen LogP contribution in [0.2, 0.25) is 0 Å². The molecule has 3 aliphatic rings. The van der Waals surface area contributed by atoms with Crippen LogP contribution in [0.5, 0.6) is 5.75 Å².